The Morgan fingerprint density at radius 3 is 2.78 bits per heavy atom. The standard InChI is InChI=1S/C14H22ClN3/c1-11(18-8-3-2-4-9-18)10-17-13-7-5-6-12(15)14(13)16/h5-7,11,17H,2-4,8-10,16H2,1H3. The van der Waals surface area contributed by atoms with Crippen LogP contribution in [0.15, 0.2) is 18.2 Å². The SMILES string of the molecule is CC(CNc1cccc(Cl)c1N)N1CCCCC1. The lowest BCUT2D eigenvalue weighted by Crippen LogP contribution is -2.41. The lowest BCUT2D eigenvalue weighted by atomic mass is 10.1. The van der Waals surface area contributed by atoms with Crippen molar-refractivity contribution in [1.29, 1.82) is 0 Å². The molecule has 1 aliphatic rings. The third-order valence-electron chi connectivity index (χ3n) is 3.65. The number of nitrogens with two attached hydrogens (primary N) is 1. The lowest BCUT2D eigenvalue weighted by Gasteiger charge is -2.32. The largest absolute Gasteiger partial charge is 0.396 e. The van der Waals surface area contributed by atoms with E-state index in [1.54, 1.807) is 0 Å². The normalized spacial score (nSPS) is 18.6. The Hall–Kier alpha value is -0.930. The molecule has 1 fully saturated rings. The fourth-order valence-corrected chi connectivity index (χ4v) is 2.61. The number of nitrogen functional groups attached to an aromatic ring is 1. The highest BCUT2D eigenvalue weighted by Crippen LogP contribution is 2.26. The zero-order valence-electron chi connectivity index (χ0n) is 11.0. The second-order valence-corrected chi connectivity index (χ2v) is 5.43. The molecule has 0 amide bonds. The van der Waals surface area contributed by atoms with Crippen molar-refractivity contribution in [3.63, 3.8) is 0 Å². The van der Waals surface area contributed by atoms with E-state index >= 15 is 0 Å². The van der Waals surface area contributed by atoms with Crippen molar-refractivity contribution in [2.24, 2.45) is 0 Å². The van der Waals surface area contributed by atoms with Crippen molar-refractivity contribution in [2.75, 3.05) is 30.7 Å². The van der Waals surface area contributed by atoms with Crippen LogP contribution in [0.3, 0.4) is 0 Å². The van der Waals surface area contributed by atoms with Crippen LogP contribution in [0.5, 0.6) is 0 Å². The minimum absolute atomic E-state index is 0.531. The highest BCUT2D eigenvalue weighted by Gasteiger charge is 2.16. The van der Waals surface area contributed by atoms with Gasteiger partial charge in [-0.05, 0) is 45.0 Å². The number of anilines is 2. The number of benzene rings is 1. The van der Waals surface area contributed by atoms with Gasteiger partial charge < -0.3 is 11.1 Å². The number of rotatable bonds is 4. The molecule has 1 unspecified atom stereocenters. The van der Waals surface area contributed by atoms with Gasteiger partial charge in [0.05, 0.1) is 16.4 Å². The Bertz CT molecular complexity index is 389. The third kappa shape index (κ3) is 3.30. The summed E-state index contributed by atoms with van der Waals surface area (Å²) in [6.07, 6.45) is 4.02. The molecule has 100 valence electrons. The molecule has 2 rings (SSSR count). The number of halogens is 1. The van der Waals surface area contributed by atoms with E-state index in [0.717, 1.165) is 12.2 Å². The Morgan fingerprint density at radius 1 is 1.33 bits per heavy atom. The zero-order valence-corrected chi connectivity index (χ0v) is 11.7. The molecule has 0 saturated carbocycles. The number of nitrogens with zero attached hydrogens (tertiary/aromatic N) is 1. The van der Waals surface area contributed by atoms with Gasteiger partial charge in [0, 0.05) is 12.6 Å². The number of hydrogen-bond acceptors (Lipinski definition) is 3. The van der Waals surface area contributed by atoms with E-state index in [-0.39, 0.29) is 0 Å². The van der Waals surface area contributed by atoms with Crippen LogP contribution in [0, 0.1) is 0 Å². The van der Waals surface area contributed by atoms with E-state index in [0.29, 0.717) is 16.8 Å². The predicted molar refractivity (Wildman–Crippen MR) is 79.2 cm³/mol. The summed E-state index contributed by atoms with van der Waals surface area (Å²) < 4.78 is 0. The van der Waals surface area contributed by atoms with Gasteiger partial charge in [0.15, 0.2) is 0 Å². The molecule has 1 atom stereocenters. The molecule has 4 heteroatoms. The maximum absolute atomic E-state index is 6.00. The van der Waals surface area contributed by atoms with Crippen molar-refractivity contribution in [3.8, 4) is 0 Å². The van der Waals surface area contributed by atoms with Gasteiger partial charge in [-0.3, -0.25) is 4.90 Å². The van der Waals surface area contributed by atoms with Crippen molar-refractivity contribution in [3.05, 3.63) is 23.2 Å². The molecule has 0 radical (unpaired) electrons. The lowest BCUT2D eigenvalue weighted by molar-refractivity contribution is 0.180. The molecule has 1 aromatic rings. The first-order valence-corrected chi connectivity index (χ1v) is 7.08. The summed E-state index contributed by atoms with van der Waals surface area (Å²) in [5.41, 5.74) is 7.52. The van der Waals surface area contributed by atoms with E-state index in [9.17, 15) is 0 Å². The van der Waals surface area contributed by atoms with E-state index in [1.165, 1.54) is 32.4 Å². The van der Waals surface area contributed by atoms with Crippen LogP contribution in [-0.2, 0) is 0 Å². The van der Waals surface area contributed by atoms with Gasteiger partial charge >= 0.3 is 0 Å². The van der Waals surface area contributed by atoms with Crippen molar-refractivity contribution in [2.45, 2.75) is 32.2 Å². The van der Waals surface area contributed by atoms with Crippen LogP contribution < -0.4 is 11.1 Å². The first kappa shape index (κ1) is 13.5. The second kappa shape index (κ2) is 6.30. The minimum atomic E-state index is 0.531. The molecular formula is C14H22ClN3. The molecule has 0 aliphatic carbocycles. The average Bonchev–Trinajstić information content (AvgIpc) is 2.41. The monoisotopic (exact) mass is 267 g/mol. The van der Waals surface area contributed by atoms with Crippen LogP contribution in [0.25, 0.3) is 0 Å². The predicted octanol–water partition coefficient (Wildman–Crippen LogP) is 3.21. The topological polar surface area (TPSA) is 41.3 Å². The quantitative estimate of drug-likeness (QED) is 0.823. The van der Waals surface area contributed by atoms with Gasteiger partial charge in [-0.15, -0.1) is 0 Å². The maximum Gasteiger partial charge on any atom is 0.0739 e. The molecular weight excluding hydrogens is 246 g/mol. The van der Waals surface area contributed by atoms with E-state index in [4.69, 9.17) is 17.3 Å². The summed E-state index contributed by atoms with van der Waals surface area (Å²) in [6, 6.07) is 6.25. The number of nitrogens with one attached hydrogen (secondary N) is 1. The summed E-state index contributed by atoms with van der Waals surface area (Å²) in [6.45, 7) is 5.60. The number of para-hydroxylation sites is 1. The summed E-state index contributed by atoms with van der Waals surface area (Å²) >= 11 is 6.00. The number of likely N-dealkylation sites (tertiary alicyclic amines) is 1. The van der Waals surface area contributed by atoms with E-state index in [2.05, 4.69) is 17.1 Å². The van der Waals surface area contributed by atoms with Crippen LogP contribution in [0.4, 0.5) is 11.4 Å². The molecule has 1 aliphatic heterocycles. The van der Waals surface area contributed by atoms with Crippen molar-refractivity contribution < 1.29 is 0 Å². The Kier molecular flexibility index (Phi) is 4.72. The number of hydrogen-bond donors (Lipinski definition) is 2. The first-order chi connectivity index (χ1) is 8.68. The molecule has 1 heterocycles. The Morgan fingerprint density at radius 2 is 2.06 bits per heavy atom. The minimum Gasteiger partial charge on any atom is -0.396 e. The number of piperidine rings is 1. The van der Waals surface area contributed by atoms with Gasteiger partial charge in [0.1, 0.15) is 0 Å². The molecule has 0 aromatic heterocycles. The summed E-state index contributed by atoms with van der Waals surface area (Å²) in [5, 5.41) is 4.02. The van der Waals surface area contributed by atoms with Crippen LogP contribution in [-0.4, -0.2) is 30.6 Å². The average molecular weight is 268 g/mol. The van der Waals surface area contributed by atoms with Crippen molar-refractivity contribution >= 4 is 23.0 Å². The van der Waals surface area contributed by atoms with E-state index < -0.39 is 0 Å². The smallest absolute Gasteiger partial charge is 0.0739 e. The van der Waals surface area contributed by atoms with Crippen LogP contribution in [0.1, 0.15) is 26.2 Å². The molecule has 18 heavy (non-hydrogen) atoms. The maximum atomic E-state index is 6.00. The molecule has 0 spiro atoms. The molecule has 3 N–H and O–H groups in total. The van der Waals surface area contributed by atoms with Gasteiger partial charge in [-0.2, -0.15) is 0 Å². The fourth-order valence-electron chi connectivity index (χ4n) is 2.44. The Balaban J connectivity index is 1.88. The first-order valence-electron chi connectivity index (χ1n) is 6.70. The molecule has 1 aromatic carbocycles. The van der Waals surface area contributed by atoms with Gasteiger partial charge in [0.2, 0.25) is 0 Å². The summed E-state index contributed by atoms with van der Waals surface area (Å²) in [7, 11) is 0. The molecule has 1 saturated heterocycles. The summed E-state index contributed by atoms with van der Waals surface area (Å²) in [5.74, 6) is 0. The fraction of sp³-hybridized carbons (Fsp3) is 0.571. The molecule has 0 bridgehead atoms. The van der Waals surface area contributed by atoms with Gasteiger partial charge in [-0.1, -0.05) is 24.1 Å². The van der Waals surface area contributed by atoms with E-state index in [1.807, 2.05) is 18.2 Å². The van der Waals surface area contributed by atoms with Gasteiger partial charge in [0.25, 0.3) is 0 Å². The second-order valence-electron chi connectivity index (χ2n) is 5.03. The zero-order chi connectivity index (χ0) is 13.0. The highest BCUT2D eigenvalue weighted by atomic mass is 35.5. The summed E-state index contributed by atoms with van der Waals surface area (Å²) in [4.78, 5) is 2.54. The van der Waals surface area contributed by atoms with Crippen LogP contribution in [0.2, 0.25) is 5.02 Å². The van der Waals surface area contributed by atoms with Crippen LogP contribution >= 0.6 is 11.6 Å². The third-order valence-corrected chi connectivity index (χ3v) is 3.98. The Labute approximate surface area is 114 Å². The van der Waals surface area contributed by atoms with Gasteiger partial charge in [-0.25, -0.2) is 0 Å². The highest BCUT2D eigenvalue weighted by molar-refractivity contribution is 6.33. The van der Waals surface area contributed by atoms with Crippen molar-refractivity contribution in [1.82, 2.24) is 4.90 Å². The molecule has 3 nitrogen and oxygen atoms in total.